The van der Waals surface area contributed by atoms with E-state index in [0.717, 1.165) is 36.9 Å². The van der Waals surface area contributed by atoms with Gasteiger partial charge in [-0.1, -0.05) is 12.1 Å². The van der Waals surface area contributed by atoms with Crippen LogP contribution in [0.4, 0.5) is 0 Å². The van der Waals surface area contributed by atoms with Gasteiger partial charge in [-0.25, -0.2) is 4.99 Å². The fourth-order valence-corrected chi connectivity index (χ4v) is 2.46. The van der Waals surface area contributed by atoms with Crippen LogP contribution in [0.5, 0.6) is 5.75 Å². The summed E-state index contributed by atoms with van der Waals surface area (Å²) < 4.78 is 7.73. The highest BCUT2D eigenvalue weighted by molar-refractivity contribution is 5.79. The van der Waals surface area contributed by atoms with Crippen LogP contribution < -0.4 is 15.4 Å². The van der Waals surface area contributed by atoms with E-state index in [9.17, 15) is 0 Å². The molecule has 5 heteroatoms. The number of ether oxygens (including phenoxy) is 1. The summed E-state index contributed by atoms with van der Waals surface area (Å²) in [6.07, 6.45) is 4.13. The minimum Gasteiger partial charge on any atom is -0.494 e. The highest BCUT2D eigenvalue weighted by atomic mass is 16.5. The minimum atomic E-state index is 0.645. The topological polar surface area (TPSA) is 50.6 Å². The predicted octanol–water partition coefficient (Wildman–Crippen LogP) is 2.95. The molecular formula is C19H28N4O. The number of rotatable bonds is 8. The SMILES string of the molecule is CCNC(=NCc1ccc(OCC)c(C)c1)NCCn1cccc1. The monoisotopic (exact) mass is 328 g/mol. The van der Waals surface area contributed by atoms with E-state index in [1.165, 1.54) is 5.56 Å². The average molecular weight is 328 g/mol. The summed E-state index contributed by atoms with van der Waals surface area (Å²) >= 11 is 0. The molecule has 0 unspecified atom stereocenters. The molecule has 130 valence electrons. The number of nitrogens with zero attached hydrogens (tertiary/aromatic N) is 2. The van der Waals surface area contributed by atoms with Gasteiger partial charge in [-0.05, 0) is 50.1 Å². The van der Waals surface area contributed by atoms with E-state index in [1.54, 1.807) is 0 Å². The van der Waals surface area contributed by atoms with Crippen LogP contribution in [-0.4, -0.2) is 30.2 Å². The van der Waals surface area contributed by atoms with E-state index >= 15 is 0 Å². The molecule has 0 radical (unpaired) electrons. The Hall–Kier alpha value is -2.43. The molecule has 2 rings (SSSR count). The zero-order valence-electron chi connectivity index (χ0n) is 14.9. The summed E-state index contributed by atoms with van der Waals surface area (Å²) in [5.41, 5.74) is 2.33. The van der Waals surface area contributed by atoms with Crippen LogP contribution in [0.1, 0.15) is 25.0 Å². The largest absolute Gasteiger partial charge is 0.494 e. The molecule has 0 saturated carbocycles. The molecular weight excluding hydrogens is 300 g/mol. The number of nitrogens with one attached hydrogen (secondary N) is 2. The van der Waals surface area contributed by atoms with E-state index in [0.29, 0.717) is 13.2 Å². The fourth-order valence-electron chi connectivity index (χ4n) is 2.46. The second-order valence-corrected chi connectivity index (χ2v) is 5.58. The Morgan fingerprint density at radius 2 is 1.96 bits per heavy atom. The van der Waals surface area contributed by atoms with Crippen molar-refractivity contribution < 1.29 is 4.74 Å². The average Bonchev–Trinajstić information content (AvgIpc) is 3.08. The molecule has 5 nitrogen and oxygen atoms in total. The Balaban J connectivity index is 1.90. The van der Waals surface area contributed by atoms with Gasteiger partial charge in [0.15, 0.2) is 5.96 Å². The second kappa shape index (κ2) is 9.65. The lowest BCUT2D eigenvalue weighted by Crippen LogP contribution is -2.38. The van der Waals surface area contributed by atoms with Gasteiger partial charge >= 0.3 is 0 Å². The van der Waals surface area contributed by atoms with Crippen molar-refractivity contribution in [3.8, 4) is 5.75 Å². The molecule has 0 atom stereocenters. The smallest absolute Gasteiger partial charge is 0.191 e. The van der Waals surface area contributed by atoms with Crippen molar-refractivity contribution in [2.45, 2.75) is 33.9 Å². The maximum Gasteiger partial charge on any atom is 0.191 e. The van der Waals surface area contributed by atoms with Crippen molar-refractivity contribution in [3.05, 3.63) is 53.9 Å². The van der Waals surface area contributed by atoms with Crippen LogP contribution in [0, 0.1) is 6.92 Å². The first kappa shape index (κ1) is 17.9. The molecule has 0 bridgehead atoms. The van der Waals surface area contributed by atoms with Crippen LogP contribution in [0.25, 0.3) is 0 Å². The minimum absolute atomic E-state index is 0.645. The van der Waals surface area contributed by atoms with Crippen LogP contribution in [-0.2, 0) is 13.1 Å². The Bertz CT molecular complexity index is 635. The first-order valence-corrected chi connectivity index (χ1v) is 8.58. The van der Waals surface area contributed by atoms with E-state index in [2.05, 4.69) is 58.6 Å². The summed E-state index contributed by atoms with van der Waals surface area (Å²) in [7, 11) is 0. The summed E-state index contributed by atoms with van der Waals surface area (Å²) in [5, 5.41) is 6.65. The van der Waals surface area contributed by atoms with E-state index in [1.807, 2.05) is 25.1 Å². The molecule has 2 N–H and O–H groups in total. The molecule has 0 fully saturated rings. The van der Waals surface area contributed by atoms with Gasteiger partial charge in [-0.15, -0.1) is 0 Å². The van der Waals surface area contributed by atoms with Crippen LogP contribution in [0.15, 0.2) is 47.7 Å². The van der Waals surface area contributed by atoms with Gasteiger partial charge in [0.05, 0.1) is 13.2 Å². The summed E-state index contributed by atoms with van der Waals surface area (Å²) in [5.74, 6) is 1.79. The maximum absolute atomic E-state index is 5.58. The third-order valence-electron chi connectivity index (χ3n) is 3.63. The number of benzene rings is 1. The zero-order chi connectivity index (χ0) is 17.2. The third kappa shape index (κ3) is 5.65. The molecule has 2 aromatic rings. The van der Waals surface area contributed by atoms with E-state index < -0.39 is 0 Å². The first-order valence-electron chi connectivity index (χ1n) is 8.58. The molecule has 0 amide bonds. The second-order valence-electron chi connectivity index (χ2n) is 5.58. The van der Waals surface area contributed by atoms with Crippen LogP contribution >= 0.6 is 0 Å². The van der Waals surface area contributed by atoms with Crippen LogP contribution in [0.3, 0.4) is 0 Å². The molecule has 0 saturated heterocycles. The summed E-state index contributed by atoms with van der Waals surface area (Å²) in [4.78, 5) is 4.66. The number of guanidine groups is 1. The highest BCUT2D eigenvalue weighted by Gasteiger charge is 2.02. The van der Waals surface area contributed by atoms with Crippen molar-refractivity contribution in [1.82, 2.24) is 15.2 Å². The van der Waals surface area contributed by atoms with Crippen molar-refractivity contribution in [1.29, 1.82) is 0 Å². The number of aliphatic imine (C=N–C) groups is 1. The van der Waals surface area contributed by atoms with E-state index in [4.69, 9.17) is 4.74 Å². The van der Waals surface area contributed by atoms with Gasteiger partial charge in [-0.3, -0.25) is 0 Å². The Labute approximate surface area is 144 Å². The van der Waals surface area contributed by atoms with Gasteiger partial charge in [0, 0.05) is 32.0 Å². The number of aromatic nitrogens is 1. The summed E-state index contributed by atoms with van der Waals surface area (Å²) in [6.45, 7) is 10.1. The van der Waals surface area contributed by atoms with E-state index in [-0.39, 0.29) is 0 Å². The van der Waals surface area contributed by atoms with Gasteiger partial charge in [-0.2, -0.15) is 0 Å². The lowest BCUT2D eigenvalue weighted by atomic mass is 10.1. The van der Waals surface area contributed by atoms with Gasteiger partial charge in [0.2, 0.25) is 0 Å². The molecule has 0 aliphatic carbocycles. The van der Waals surface area contributed by atoms with Gasteiger partial charge < -0.3 is 19.9 Å². The fraction of sp³-hybridized carbons (Fsp3) is 0.421. The van der Waals surface area contributed by atoms with Gasteiger partial charge in [0.25, 0.3) is 0 Å². The Morgan fingerprint density at radius 3 is 2.62 bits per heavy atom. The Kier molecular flexibility index (Phi) is 7.21. The maximum atomic E-state index is 5.58. The van der Waals surface area contributed by atoms with Crippen molar-refractivity contribution in [2.75, 3.05) is 19.7 Å². The number of hydrogen-bond donors (Lipinski definition) is 2. The molecule has 1 aromatic heterocycles. The lowest BCUT2D eigenvalue weighted by Gasteiger charge is -2.12. The van der Waals surface area contributed by atoms with Crippen molar-refractivity contribution in [3.63, 3.8) is 0 Å². The van der Waals surface area contributed by atoms with Crippen LogP contribution in [0.2, 0.25) is 0 Å². The van der Waals surface area contributed by atoms with Crippen molar-refractivity contribution >= 4 is 5.96 Å². The quantitative estimate of drug-likeness (QED) is 0.579. The van der Waals surface area contributed by atoms with Crippen molar-refractivity contribution in [2.24, 2.45) is 4.99 Å². The molecule has 0 spiro atoms. The first-order chi connectivity index (χ1) is 11.7. The molecule has 1 aromatic carbocycles. The summed E-state index contributed by atoms with van der Waals surface area (Å²) in [6, 6.07) is 10.3. The highest BCUT2D eigenvalue weighted by Crippen LogP contribution is 2.19. The number of hydrogen-bond acceptors (Lipinski definition) is 2. The predicted molar refractivity (Wildman–Crippen MR) is 99.6 cm³/mol. The molecule has 24 heavy (non-hydrogen) atoms. The molecule has 1 heterocycles. The molecule has 0 aliphatic heterocycles. The third-order valence-corrected chi connectivity index (χ3v) is 3.63. The Morgan fingerprint density at radius 1 is 1.17 bits per heavy atom. The van der Waals surface area contributed by atoms with Gasteiger partial charge in [0.1, 0.15) is 5.75 Å². The number of aryl methyl sites for hydroxylation is 1. The zero-order valence-corrected chi connectivity index (χ0v) is 14.9. The normalized spacial score (nSPS) is 11.4. The molecule has 0 aliphatic rings. The standard InChI is InChI=1S/C19H28N4O/c1-4-20-19(21-10-13-23-11-6-7-12-23)22-15-17-8-9-18(24-5-2)16(3)14-17/h6-9,11-12,14H,4-5,10,13,15H2,1-3H3,(H2,20,21,22). The lowest BCUT2D eigenvalue weighted by molar-refractivity contribution is 0.338.